The number of aryl methyl sites for hydroxylation is 1. The lowest BCUT2D eigenvalue weighted by molar-refractivity contribution is -0.121. The first-order valence-electron chi connectivity index (χ1n) is 13.8. The fourth-order valence-corrected chi connectivity index (χ4v) is 5.07. The molecule has 40 heavy (non-hydrogen) atoms. The van der Waals surface area contributed by atoms with Crippen LogP contribution in [0.4, 0.5) is 0 Å². The lowest BCUT2D eigenvalue weighted by atomic mass is 9.88. The molecule has 5 rings (SSSR count). The molecule has 0 aliphatic rings. The predicted octanol–water partition coefficient (Wildman–Crippen LogP) is 6.86. The van der Waals surface area contributed by atoms with E-state index in [1.165, 1.54) is 11.1 Å². The number of carbonyl (C=O) groups excluding carboxylic acids is 1. The number of aromatic nitrogens is 1. The number of para-hydroxylation sites is 1. The third kappa shape index (κ3) is 6.80. The number of benzene rings is 4. The van der Waals surface area contributed by atoms with Gasteiger partial charge in [-0.3, -0.25) is 4.79 Å². The van der Waals surface area contributed by atoms with E-state index < -0.39 is 0 Å². The third-order valence-corrected chi connectivity index (χ3v) is 7.22. The highest BCUT2D eigenvalue weighted by atomic mass is 16.5. The number of nitrogens with one attached hydrogen (secondary N) is 1. The lowest BCUT2D eigenvalue weighted by Crippen LogP contribution is -2.28. The van der Waals surface area contributed by atoms with Gasteiger partial charge in [-0.05, 0) is 47.4 Å². The van der Waals surface area contributed by atoms with E-state index in [4.69, 9.17) is 9.47 Å². The molecule has 0 saturated heterocycles. The summed E-state index contributed by atoms with van der Waals surface area (Å²) in [6.07, 6.45) is 2.56. The van der Waals surface area contributed by atoms with Gasteiger partial charge in [-0.2, -0.15) is 0 Å². The largest absolute Gasteiger partial charge is 0.489 e. The summed E-state index contributed by atoms with van der Waals surface area (Å²) in [7, 11) is 1.64. The Balaban J connectivity index is 1.45. The normalized spacial score (nSPS) is 11.8. The van der Waals surface area contributed by atoms with Gasteiger partial charge in [0.05, 0.1) is 6.61 Å². The van der Waals surface area contributed by atoms with Crippen molar-refractivity contribution in [2.45, 2.75) is 32.4 Å². The van der Waals surface area contributed by atoms with Crippen molar-refractivity contribution in [2.24, 2.45) is 0 Å². The molecule has 0 radical (unpaired) electrons. The van der Waals surface area contributed by atoms with Gasteiger partial charge >= 0.3 is 0 Å². The number of fused-ring (bicyclic) bond motifs is 1. The zero-order valence-electron chi connectivity index (χ0n) is 23.2. The van der Waals surface area contributed by atoms with Gasteiger partial charge in [-0.15, -0.1) is 0 Å². The second-order valence-corrected chi connectivity index (χ2v) is 10.2. The first-order valence-corrected chi connectivity index (χ1v) is 13.8. The van der Waals surface area contributed by atoms with Gasteiger partial charge in [-0.1, -0.05) is 90.5 Å². The molecule has 1 heterocycles. The van der Waals surface area contributed by atoms with E-state index in [0.717, 1.165) is 39.9 Å². The number of hydrogen-bond acceptors (Lipinski definition) is 3. The van der Waals surface area contributed by atoms with E-state index in [0.29, 0.717) is 26.2 Å². The second-order valence-electron chi connectivity index (χ2n) is 10.2. The maximum absolute atomic E-state index is 13.1. The number of hydrogen-bond donors (Lipinski definition) is 1. The summed E-state index contributed by atoms with van der Waals surface area (Å²) in [5.74, 6) is 0.689. The van der Waals surface area contributed by atoms with Crippen LogP contribution in [0.3, 0.4) is 0 Å². The number of methoxy groups -OCH3 is 1. The molecule has 1 atom stereocenters. The number of carbonyl (C=O) groups is 1. The molecule has 1 aromatic heterocycles. The molecule has 0 spiro atoms. The first-order chi connectivity index (χ1) is 19.6. The van der Waals surface area contributed by atoms with Gasteiger partial charge in [0.2, 0.25) is 5.91 Å². The third-order valence-electron chi connectivity index (χ3n) is 7.22. The molecule has 5 aromatic rings. The van der Waals surface area contributed by atoms with E-state index >= 15 is 0 Å². The summed E-state index contributed by atoms with van der Waals surface area (Å²) in [6, 6.07) is 35.4. The molecule has 4 aromatic carbocycles. The Kier molecular flexibility index (Phi) is 8.94. The first kappa shape index (κ1) is 27.2. The van der Waals surface area contributed by atoms with Crippen molar-refractivity contribution in [2.75, 3.05) is 20.3 Å². The minimum Gasteiger partial charge on any atom is -0.489 e. The van der Waals surface area contributed by atoms with Gasteiger partial charge in [-0.25, -0.2) is 0 Å². The summed E-state index contributed by atoms with van der Waals surface area (Å²) >= 11 is 0. The van der Waals surface area contributed by atoms with Crippen molar-refractivity contribution in [3.63, 3.8) is 0 Å². The lowest BCUT2D eigenvalue weighted by Gasteiger charge is -2.18. The number of nitrogens with zero attached hydrogens (tertiary/aromatic N) is 1. The molecule has 0 fully saturated rings. The van der Waals surface area contributed by atoms with Gasteiger partial charge in [0, 0.05) is 49.6 Å². The van der Waals surface area contributed by atoms with Crippen LogP contribution < -0.4 is 10.1 Å². The van der Waals surface area contributed by atoms with Crippen molar-refractivity contribution >= 4 is 16.8 Å². The maximum Gasteiger partial charge on any atom is 0.221 e. The van der Waals surface area contributed by atoms with Crippen LogP contribution >= 0.6 is 0 Å². The van der Waals surface area contributed by atoms with Crippen LogP contribution in [0.5, 0.6) is 5.75 Å². The standard InChI is InChI=1S/C35H36N2O3/c1-26-12-14-27(15-13-26)23-37-24-33(31-10-6-7-11-34(31)37)32(22-35(38)36-20-21-39-2)29-16-18-30(19-17-29)40-25-28-8-4-3-5-9-28/h3-19,24,32H,20-23,25H2,1-2H3,(H,36,38)/t32-/m0/s1. The van der Waals surface area contributed by atoms with E-state index in [-0.39, 0.29) is 11.8 Å². The highest BCUT2D eigenvalue weighted by Crippen LogP contribution is 2.36. The quantitative estimate of drug-likeness (QED) is 0.179. The Morgan fingerprint density at radius 1 is 0.850 bits per heavy atom. The Bertz CT molecular complexity index is 1520. The Morgan fingerprint density at radius 2 is 1.57 bits per heavy atom. The average Bonchev–Trinajstić information content (AvgIpc) is 3.35. The Labute approximate surface area is 236 Å². The molecule has 5 nitrogen and oxygen atoms in total. The van der Waals surface area contributed by atoms with E-state index in [9.17, 15) is 4.79 Å². The zero-order valence-corrected chi connectivity index (χ0v) is 23.2. The summed E-state index contributed by atoms with van der Waals surface area (Å²) < 4.78 is 13.5. The summed E-state index contributed by atoms with van der Waals surface area (Å²) in [5, 5.41) is 4.17. The number of ether oxygens (including phenoxy) is 2. The number of rotatable bonds is 12. The minimum absolute atomic E-state index is 0.00169. The van der Waals surface area contributed by atoms with E-state index in [1.54, 1.807) is 7.11 Å². The van der Waals surface area contributed by atoms with Gasteiger partial charge < -0.3 is 19.4 Å². The molecule has 1 amide bonds. The average molecular weight is 533 g/mol. The van der Waals surface area contributed by atoms with Crippen LogP contribution in [0.2, 0.25) is 0 Å². The molecule has 0 saturated carbocycles. The van der Waals surface area contributed by atoms with Gasteiger partial charge in [0.1, 0.15) is 12.4 Å². The van der Waals surface area contributed by atoms with Crippen LogP contribution in [-0.2, 0) is 22.7 Å². The summed E-state index contributed by atoms with van der Waals surface area (Å²) in [4.78, 5) is 13.1. The smallest absolute Gasteiger partial charge is 0.221 e. The summed E-state index contributed by atoms with van der Waals surface area (Å²) in [5.41, 5.74) is 6.99. The highest BCUT2D eigenvalue weighted by Gasteiger charge is 2.23. The van der Waals surface area contributed by atoms with Crippen LogP contribution in [0.15, 0.2) is 109 Å². The van der Waals surface area contributed by atoms with Crippen LogP contribution in [0.25, 0.3) is 10.9 Å². The molecule has 204 valence electrons. The van der Waals surface area contributed by atoms with Crippen LogP contribution in [0, 0.1) is 6.92 Å². The Morgan fingerprint density at radius 3 is 2.33 bits per heavy atom. The topological polar surface area (TPSA) is 52.5 Å². The van der Waals surface area contributed by atoms with Crippen molar-refractivity contribution in [1.82, 2.24) is 9.88 Å². The molecular weight excluding hydrogens is 496 g/mol. The van der Waals surface area contributed by atoms with Crippen molar-refractivity contribution in [1.29, 1.82) is 0 Å². The van der Waals surface area contributed by atoms with Crippen molar-refractivity contribution in [3.8, 4) is 5.75 Å². The van der Waals surface area contributed by atoms with Gasteiger partial charge in [0.15, 0.2) is 0 Å². The second kappa shape index (κ2) is 13.1. The number of amides is 1. The molecular formula is C35H36N2O3. The van der Waals surface area contributed by atoms with Crippen LogP contribution in [0.1, 0.15) is 40.2 Å². The fraction of sp³-hybridized carbons (Fsp3) is 0.229. The van der Waals surface area contributed by atoms with E-state index in [2.05, 4.69) is 95.8 Å². The predicted molar refractivity (Wildman–Crippen MR) is 161 cm³/mol. The highest BCUT2D eigenvalue weighted by molar-refractivity contribution is 5.86. The zero-order chi connectivity index (χ0) is 27.7. The molecule has 1 N–H and O–H groups in total. The van der Waals surface area contributed by atoms with E-state index in [1.807, 2.05) is 30.3 Å². The molecule has 0 aliphatic carbocycles. The van der Waals surface area contributed by atoms with Crippen molar-refractivity contribution < 1.29 is 14.3 Å². The summed E-state index contributed by atoms with van der Waals surface area (Å²) in [6.45, 7) is 4.36. The molecule has 0 unspecified atom stereocenters. The molecule has 0 bridgehead atoms. The molecule has 5 heteroatoms. The minimum atomic E-state index is -0.116. The van der Waals surface area contributed by atoms with Crippen molar-refractivity contribution in [3.05, 3.63) is 137 Å². The fourth-order valence-electron chi connectivity index (χ4n) is 5.07. The monoisotopic (exact) mass is 532 g/mol. The Hall–Kier alpha value is -4.35. The maximum atomic E-state index is 13.1. The van der Waals surface area contributed by atoms with Crippen LogP contribution in [-0.4, -0.2) is 30.7 Å². The van der Waals surface area contributed by atoms with Gasteiger partial charge in [0.25, 0.3) is 0 Å². The SMILES string of the molecule is COCCNC(=O)C[C@@H](c1ccc(OCc2ccccc2)cc1)c1cn(Cc2ccc(C)cc2)c2ccccc12. The molecule has 0 aliphatic heterocycles.